The van der Waals surface area contributed by atoms with E-state index in [-0.39, 0.29) is 31.1 Å². The lowest BCUT2D eigenvalue weighted by molar-refractivity contribution is -0.117. The first-order valence-electron chi connectivity index (χ1n) is 10.4. The fourth-order valence-electron chi connectivity index (χ4n) is 3.33. The number of methoxy groups -OCH3 is 1. The van der Waals surface area contributed by atoms with Crippen molar-refractivity contribution >= 4 is 23.1 Å². The number of nitrogens with one attached hydrogen (secondary N) is 2. The fourth-order valence-corrected chi connectivity index (χ4v) is 3.33. The number of carbonyl (C=O) groups excluding carboxylic acids is 1. The molecule has 3 aromatic rings. The summed E-state index contributed by atoms with van der Waals surface area (Å²) in [5.74, 6) is -0.953. The molecular formula is C23H26FN5O4. The number of halogens is 1. The smallest absolute Gasteiger partial charge is 0.330 e. The second-order valence-electron chi connectivity index (χ2n) is 7.32. The van der Waals surface area contributed by atoms with Crippen LogP contribution in [0, 0.1) is 5.82 Å². The van der Waals surface area contributed by atoms with E-state index < -0.39 is 23.0 Å². The van der Waals surface area contributed by atoms with Gasteiger partial charge in [0, 0.05) is 25.9 Å². The van der Waals surface area contributed by atoms with Crippen LogP contribution in [0.4, 0.5) is 21.6 Å². The molecule has 0 spiro atoms. The van der Waals surface area contributed by atoms with Crippen molar-refractivity contribution in [2.75, 3.05) is 42.8 Å². The van der Waals surface area contributed by atoms with Crippen LogP contribution in [-0.4, -0.2) is 42.3 Å². The molecule has 1 amide bonds. The maximum absolute atomic E-state index is 13.1. The average Bonchev–Trinajstić information content (AvgIpc) is 2.81. The van der Waals surface area contributed by atoms with Crippen molar-refractivity contribution in [3.8, 4) is 0 Å². The van der Waals surface area contributed by atoms with Crippen molar-refractivity contribution in [1.29, 1.82) is 0 Å². The Morgan fingerprint density at radius 1 is 1.15 bits per heavy atom. The summed E-state index contributed by atoms with van der Waals surface area (Å²) in [5, 5.41) is 2.91. The lowest BCUT2D eigenvalue weighted by Crippen LogP contribution is -2.44. The molecule has 0 aliphatic heterocycles. The molecule has 33 heavy (non-hydrogen) atoms. The van der Waals surface area contributed by atoms with Gasteiger partial charge in [-0.1, -0.05) is 30.3 Å². The van der Waals surface area contributed by atoms with Crippen molar-refractivity contribution in [3.63, 3.8) is 0 Å². The second kappa shape index (κ2) is 11.1. The summed E-state index contributed by atoms with van der Waals surface area (Å²) >= 11 is 0. The molecule has 174 valence electrons. The second-order valence-corrected chi connectivity index (χ2v) is 7.32. The molecule has 0 atom stereocenters. The van der Waals surface area contributed by atoms with Gasteiger partial charge in [0.25, 0.3) is 5.56 Å². The van der Waals surface area contributed by atoms with Gasteiger partial charge >= 0.3 is 5.69 Å². The van der Waals surface area contributed by atoms with E-state index >= 15 is 0 Å². The predicted octanol–water partition coefficient (Wildman–Crippen LogP) is 1.79. The van der Waals surface area contributed by atoms with Crippen LogP contribution >= 0.6 is 0 Å². The van der Waals surface area contributed by atoms with E-state index in [4.69, 9.17) is 10.5 Å². The number of amides is 1. The lowest BCUT2D eigenvalue weighted by atomic mass is 10.2. The van der Waals surface area contributed by atoms with Gasteiger partial charge in [0.1, 0.15) is 11.6 Å². The molecule has 0 saturated heterocycles. The van der Waals surface area contributed by atoms with Gasteiger partial charge in [0.05, 0.1) is 13.1 Å². The number of aromatic nitrogens is 2. The van der Waals surface area contributed by atoms with Crippen molar-refractivity contribution in [3.05, 3.63) is 86.8 Å². The lowest BCUT2D eigenvalue weighted by Gasteiger charge is -2.25. The van der Waals surface area contributed by atoms with Crippen LogP contribution in [0.25, 0.3) is 0 Å². The molecule has 0 aliphatic carbocycles. The number of rotatable bonds is 10. The molecule has 9 nitrogen and oxygen atoms in total. The van der Waals surface area contributed by atoms with E-state index in [0.717, 1.165) is 5.56 Å². The molecule has 1 heterocycles. The number of nitrogen functional groups attached to an aromatic ring is 1. The first-order valence-corrected chi connectivity index (χ1v) is 10.4. The summed E-state index contributed by atoms with van der Waals surface area (Å²) in [4.78, 5) is 41.8. The molecule has 3 rings (SSSR count). The third-order valence-corrected chi connectivity index (χ3v) is 4.99. The minimum absolute atomic E-state index is 0.104. The zero-order valence-electron chi connectivity index (χ0n) is 18.2. The maximum atomic E-state index is 13.1. The van der Waals surface area contributed by atoms with Gasteiger partial charge in [0.15, 0.2) is 5.69 Å². The molecule has 2 aromatic carbocycles. The van der Waals surface area contributed by atoms with E-state index in [9.17, 15) is 18.8 Å². The normalized spacial score (nSPS) is 10.7. The van der Waals surface area contributed by atoms with Crippen LogP contribution in [0.5, 0.6) is 0 Å². The number of ether oxygens (including phenoxy) is 1. The molecule has 0 unspecified atom stereocenters. The summed E-state index contributed by atoms with van der Waals surface area (Å²) in [6, 6.07) is 14.7. The Kier molecular flexibility index (Phi) is 7.98. The van der Waals surface area contributed by atoms with Crippen molar-refractivity contribution in [2.45, 2.75) is 13.0 Å². The number of anilines is 3. The average molecular weight is 455 g/mol. The van der Waals surface area contributed by atoms with Crippen LogP contribution in [-0.2, 0) is 16.1 Å². The Bertz CT molecular complexity index is 1190. The van der Waals surface area contributed by atoms with Gasteiger partial charge in [-0.3, -0.25) is 19.1 Å². The van der Waals surface area contributed by atoms with E-state index in [1.54, 1.807) is 0 Å². The fraction of sp³-hybridized carbons (Fsp3) is 0.261. The summed E-state index contributed by atoms with van der Waals surface area (Å²) in [7, 11) is 1.53. The molecule has 0 saturated carbocycles. The van der Waals surface area contributed by atoms with Gasteiger partial charge in [-0.15, -0.1) is 0 Å². The number of nitrogens with zero attached hydrogens (tertiary/aromatic N) is 2. The number of aromatic amines is 1. The van der Waals surface area contributed by atoms with Gasteiger partial charge in [-0.25, -0.2) is 9.18 Å². The Balaban J connectivity index is 1.92. The SMILES string of the molecule is COCCCN(C(=O)CNc1ccc(F)cc1)c1c(N)n(Cc2ccccc2)c(=O)[nH]c1=O. The van der Waals surface area contributed by atoms with Crippen LogP contribution in [0.3, 0.4) is 0 Å². The van der Waals surface area contributed by atoms with Crippen molar-refractivity contribution < 1.29 is 13.9 Å². The van der Waals surface area contributed by atoms with E-state index in [1.807, 2.05) is 30.3 Å². The molecule has 0 radical (unpaired) electrons. The Hall–Kier alpha value is -3.92. The highest BCUT2D eigenvalue weighted by atomic mass is 19.1. The van der Waals surface area contributed by atoms with E-state index in [1.165, 1.54) is 40.8 Å². The maximum Gasteiger partial charge on any atom is 0.330 e. The molecule has 1 aromatic heterocycles. The molecule has 4 N–H and O–H groups in total. The summed E-state index contributed by atoms with van der Waals surface area (Å²) in [6.45, 7) is 0.462. The number of nitrogens with two attached hydrogens (primary N) is 1. The summed E-state index contributed by atoms with van der Waals surface area (Å²) in [5.41, 5.74) is 6.07. The number of hydrogen-bond acceptors (Lipinski definition) is 6. The first kappa shape index (κ1) is 23.7. The third-order valence-electron chi connectivity index (χ3n) is 4.99. The summed E-state index contributed by atoms with van der Waals surface area (Å²) < 4.78 is 19.4. The standard InChI is InChI=1S/C23H26FN5O4/c1-33-13-5-12-28(19(30)14-26-18-10-8-17(24)9-11-18)20-21(25)29(23(32)27-22(20)31)15-16-6-3-2-4-7-16/h2-4,6-11,26H,5,12-15,25H2,1H3,(H,27,31,32). The number of carbonyl (C=O) groups is 1. The quantitative estimate of drug-likeness (QED) is 0.401. The van der Waals surface area contributed by atoms with Gasteiger partial charge in [-0.05, 0) is 36.2 Å². The number of H-pyrrole nitrogens is 1. The first-order chi connectivity index (χ1) is 15.9. The molecular weight excluding hydrogens is 429 g/mol. The molecule has 0 aliphatic rings. The molecule has 0 bridgehead atoms. The van der Waals surface area contributed by atoms with E-state index in [2.05, 4.69) is 10.3 Å². The highest BCUT2D eigenvalue weighted by molar-refractivity contribution is 5.98. The minimum atomic E-state index is -0.755. The van der Waals surface area contributed by atoms with Crippen molar-refractivity contribution in [2.24, 2.45) is 0 Å². The van der Waals surface area contributed by atoms with Gasteiger partial charge in [-0.2, -0.15) is 0 Å². The molecule has 10 heteroatoms. The Morgan fingerprint density at radius 2 is 1.85 bits per heavy atom. The van der Waals surface area contributed by atoms with Crippen molar-refractivity contribution in [1.82, 2.24) is 9.55 Å². The molecule has 0 fully saturated rings. The largest absolute Gasteiger partial charge is 0.385 e. The summed E-state index contributed by atoms with van der Waals surface area (Å²) in [6.07, 6.45) is 0.440. The topological polar surface area (TPSA) is 122 Å². The predicted molar refractivity (Wildman–Crippen MR) is 125 cm³/mol. The van der Waals surface area contributed by atoms with Gasteiger partial charge in [0.2, 0.25) is 5.91 Å². The Labute approximate surface area is 189 Å². The zero-order chi connectivity index (χ0) is 23.8. The number of hydrogen-bond donors (Lipinski definition) is 3. The van der Waals surface area contributed by atoms with Crippen LogP contribution in [0.15, 0.2) is 64.2 Å². The highest BCUT2D eigenvalue weighted by Crippen LogP contribution is 2.19. The third kappa shape index (κ3) is 6.07. The van der Waals surface area contributed by atoms with Crippen LogP contribution in [0.1, 0.15) is 12.0 Å². The zero-order valence-corrected chi connectivity index (χ0v) is 18.2. The Morgan fingerprint density at radius 3 is 2.52 bits per heavy atom. The van der Waals surface area contributed by atoms with E-state index in [0.29, 0.717) is 18.7 Å². The highest BCUT2D eigenvalue weighted by Gasteiger charge is 2.24. The minimum Gasteiger partial charge on any atom is -0.385 e. The monoisotopic (exact) mass is 455 g/mol. The van der Waals surface area contributed by atoms with Crippen LogP contribution < -0.4 is 27.2 Å². The van der Waals surface area contributed by atoms with Crippen LogP contribution in [0.2, 0.25) is 0 Å². The van der Waals surface area contributed by atoms with Gasteiger partial charge < -0.3 is 20.7 Å². The number of benzene rings is 2.